The molecule has 19 heavy (non-hydrogen) atoms. The molecule has 2 rings (SSSR count). The van der Waals surface area contributed by atoms with Crippen LogP contribution in [0.5, 0.6) is 5.75 Å². The number of ether oxygens (including phenoxy) is 1. The standard InChI is InChI=1S/C13H17F3N2O/c14-13(15,16)19-12-7-2-1-6-11(12)18-9-10-5-3-4-8-17-10/h1-2,6-7,10,17-18H,3-5,8-9H2. The number of hydrogen-bond donors (Lipinski definition) is 2. The lowest BCUT2D eigenvalue weighted by molar-refractivity contribution is -0.274. The zero-order valence-electron chi connectivity index (χ0n) is 10.5. The van der Waals surface area contributed by atoms with Gasteiger partial charge in [0.2, 0.25) is 0 Å². The van der Waals surface area contributed by atoms with Crippen LogP contribution >= 0.6 is 0 Å². The zero-order chi connectivity index (χ0) is 13.7. The predicted molar refractivity (Wildman–Crippen MR) is 67.3 cm³/mol. The second-order valence-electron chi connectivity index (χ2n) is 4.57. The molecule has 0 saturated carbocycles. The van der Waals surface area contributed by atoms with Crippen LogP contribution in [0, 0.1) is 0 Å². The monoisotopic (exact) mass is 274 g/mol. The minimum Gasteiger partial charge on any atom is -0.404 e. The highest BCUT2D eigenvalue weighted by atomic mass is 19.4. The first-order chi connectivity index (χ1) is 9.04. The second-order valence-corrected chi connectivity index (χ2v) is 4.57. The lowest BCUT2D eigenvalue weighted by atomic mass is 10.1. The molecule has 1 aliphatic heterocycles. The Balaban J connectivity index is 1.95. The van der Waals surface area contributed by atoms with Gasteiger partial charge in [-0.2, -0.15) is 0 Å². The predicted octanol–water partition coefficient (Wildman–Crippen LogP) is 3.14. The molecular weight excluding hydrogens is 257 g/mol. The molecule has 6 heteroatoms. The third-order valence-electron chi connectivity index (χ3n) is 3.06. The maximum atomic E-state index is 12.3. The number of hydrogen-bond acceptors (Lipinski definition) is 3. The molecule has 1 fully saturated rings. The van der Waals surface area contributed by atoms with Crippen molar-refractivity contribution in [1.29, 1.82) is 0 Å². The summed E-state index contributed by atoms with van der Waals surface area (Å²) in [6, 6.07) is 6.40. The van der Waals surface area contributed by atoms with Crippen LogP contribution in [0.3, 0.4) is 0 Å². The summed E-state index contributed by atoms with van der Waals surface area (Å²) in [4.78, 5) is 0. The molecule has 1 unspecified atom stereocenters. The molecule has 0 bridgehead atoms. The highest BCUT2D eigenvalue weighted by Crippen LogP contribution is 2.29. The van der Waals surface area contributed by atoms with Gasteiger partial charge in [0.15, 0.2) is 5.75 Å². The van der Waals surface area contributed by atoms with Crippen molar-refractivity contribution in [1.82, 2.24) is 5.32 Å². The Bertz CT molecular complexity index is 403. The van der Waals surface area contributed by atoms with Gasteiger partial charge in [0.05, 0.1) is 5.69 Å². The first kappa shape index (κ1) is 14.0. The molecule has 1 heterocycles. The number of anilines is 1. The topological polar surface area (TPSA) is 33.3 Å². The SMILES string of the molecule is FC(F)(F)Oc1ccccc1NCC1CCCCN1. The van der Waals surface area contributed by atoms with E-state index in [0.717, 1.165) is 25.8 Å². The van der Waals surface area contributed by atoms with Crippen molar-refractivity contribution in [2.75, 3.05) is 18.4 Å². The van der Waals surface area contributed by atoms with Gasteiger partial charge in [-0.15, -0.1) is 13.2 Å². The summed E-state index contributed by atoms with van der Waals surface area (Å²) >= 11 is 0. The average Bonchev–Trinajstić information content (AvgIpc) is 2.37. The quantitative estimate of drug-likeness (QED) is 0.885. The number of alkyl halides is 3. The van der Waals surface area contributed by atoms with Crippen LogP contribution in [-0.4, -0.2) is 25.5 Å². The number of rotatable bonds is 4. The number of piperidine rings is 1. The number of benzene rings is 1. The fourth-order valence-corrected chi connectivity index (χ4v) is 2.16. The summed E-state index contributed by atoms with van der Waals surface area (Å²) in [6.45, 7) is 1.56. The van der Waals surface area contributed by atoms with Gasteiger partial charge < -0.3 is 15.4 Å². The van der Waals surface area contributed by atoms with Gasteiger partial charge in [-0.3, -0.25) is 0 Å². The van der Waals surface area contributed by atoms with Gasteiger partial charge in [0.1, 0.15) is 0 Å². The van der Waals surface area contributed by atoms with Crippen molar-refractivity contribution in [3.05, 3.63) is 24.3 Å². The van der Waals surface area contributed by atoms with E-state index in [0.29, 0.717) is 18.3 Å². The molecule has 1 aliphatic rings. The minimum absolute atomic E-state index is 0.189. The molecule has 0 aliphatic carbocycles. The van der Waals surface area contributed by atoms with Gasteiger partial charge in [0.25, 0.3) is 0 Å². The van der Waals surface area contributed by atoms with Crippen molar-refractivity contribution < 1.29 is 17.9 Å². The average molecular weight is 274 g/mol. The van der Waals surface area contributed by atoms with Crippen molar-refractivity contribution in [3.8, 4) is 5.75 Å². The van der Waals surface area contributed by atoms with Crippen LogP contribution in [0.2, 0.25) is 0 Å². The normalized spacial score (nSPS) is 20.1. The molecule has 0 radical (unpaired) electrons. The van der Waals surface area contributed by atoms with E-state index in [1.54, 1.807) is 12.1 Å². The largest absolute Gasteiger partial charge is 0.573 e. The van der Waals surface area contributed by atoms with Crippen molar-refractivity contribution in [2.24, 2.45) is 0 Å². The summed E-state index contributed by atoms with van der Waals surface area (Å²) in [5, 5.41) is 6.35. The Morgan fingerprint density at radius 3 is 2.74 bits per heavy atom. The van der Waals surface area contributed by atoms with E-state index in [-0.39, 0.29) is 5.75 Å². The van der Waals surface area contributed by atoms with Gasteiger partial charge in [0, 0.05) is 12.6 Å². The Kier molecular flexibility index (Phi) is 4.52. The Labute approximate surface area is 110 Å². The first-order valence-electron chi connectivity index (χ1n) is 6.36. The van der Waals surface area contributed by atoms with E-state index in [4.69, 9.17) is 0 Å². The van der Waals surface area contributed by atoms with Gasteiger partial charge in [-0.25, -0.2) is 0 Å². The molecule has 0 amide bonds. The van der Waals surface area contributed by atoms with Gasteiger partial charge in [-0.05, 0) is 31.5 Å². The first-order valence-corrected chi connectivity index (χ1v) is 6.36. The molecule has 3 nitrogen and oxygen atoms in total. The van der Waals surface area contributed by atoms with Gasteiger partial charge >= 0.3 is 6.36 Å². The van der Waals surface area contributed by atoms with E-state index < -0.39 is 6.36 Å². The molecule has 1 aromatic rings. The molecule has 0 spiro atoms. The number of halogens is 3. The van der Waals surface area contributed by atoms with Crippen molar-refractivity contribution in [2.45, 2.75) is 31.7 Å². The smallest absolute Gasteiger partial charge is 0.404 e. The van der Waals surface area contributed by atoms with Crippen LogP contribution < -0.4 is 15.4 Å². The van der Waals surface area contributed by atoms with E-state index in [9.17, 15) is 13.2 Å². The fraction of sp³-hybridized carbons (Fsp3) is 0.538. The summed E-state index contributed by atoms with van der Waals surface area (Å²) in [5.74, 6) is -0.189. The summed E-state index contributed by atoms with van der Waals surface area (Å²) in [7, 11) is 0. The van der Waals surface area contributed by atoms with Crippen LogP contribution in [0.15, 0.2) is 24.3 Å². The van der Waals surface area contributed by atoms with E-state index in [2.05, 4.69) is 15.4 Å². The summed E-state index contributed by atoms with van der Waals surface area (Å²) in [5.41, 5.74) is 0.368. The Morgan fingerprint density at radius 1 is 1.26 bits per heavy atom. The third-order valence-corrected chi connectivity index (χ3v) is 3.06. The zero-order valence-corrected chi connectivity index (χ0v) is 10.5. The molecule has 1 saturated heterocycles. The molecular formula is C13H17F3N2O. The Morgan fingerprint density at radius 2 is 2.05 bits per heavy atom. The maximum absolute atomic E-state index is 12.3. The minimum atomic E-state index is -4.67. The second kappa shape index (κ2) is 6.14. The molecule has 0 aromatic heterocycles. The van der Waals surface area contributed by atoms with Gasteiger partial charge in [-0.1, -0.05) is 18.6 Å². The van der Waals surface area contributed by atoms with Crippen LogP contribution in [0.4, 0.5) is 18.9 Å². The summed E-state index contributed by atoms with van der Waals surface area (Å²) in [6.07, 6.45) is -1.32. The molecule has 1 aromatic carbocycles. The lowest BCUT2D eigenvalue weighted by Gasteiger charge is -2.24. The fourth-order valence-electron chi connectivity index (χ4n) is 2.16. The number of para-hydroxylation sites is 2. The summed E-state index contributed by atoms with van der Waals surface area (Å²) < 4.78 is 40.8. The third kappa shape index (κ3) is 4.63. The van der Waals surface area contributed by atoms with E-state index in [1.807, 2.05) is 0 Å². The van der Waals surface area contributed by atoms with E-state index >= 15 is 0 Å². The van der Waals surface area contributed by atoms with E-state index in [1.165, 1.54) is 12.1 Å². The maximum Gasteiger partial charge on any atom is 0.573 e. The lowest BCUT2D eigenvalue weighted by Crippen LogP contribution is -2.39. The highest BCUT2D eigenvalue weighted by Gasteiger charge is 2.32. The van der Waals surface area contributed by atoms with Crippen LogP contribution in [-0.2, 0) is 0 Å². The number of nitrogens with one attached hydrogen (secondary N) is 2. The molecule has 2 N–H and O–H groups in total. The Hall–Kier alpha value is -1.43. The molecule has 106 valence electrons. The highest BCUT2D eigenvalue weighted by molar-refractivity contribution is 5.56. The van der Waals surface area contributed by atoms with Crippen molar-refractivity contribution >= 4 is 5.69 Å². The van der Waals surface area contributed by atoms with Crippen LogP contribution in [0.25, 0.3) is 0 Å². The van der Waals surface area contributed by atoms with Crippen molar-refractivity contribution in [3.63, 3.8) is 0 Å². The van der Waals surface area contributed by atoms with Crippen LogP contribution in [0.1, 0.15) is 19.3 Å². The molecule has 1 atom stereocenters.